The Morgan fingerprint density at radius 1 is 0.641 bits per heavy atom. The van der Waals surface area contributed by atoms with E-state index >= 15 is 0 Å². The highest BCUT2D eigenvalue weighted by atomic mass is 79.9. The zero-order valence-corrected chi connectivity index (χ0v) is 58.3. The second-order valence-corrected chi connectivity index (χ2v) is 31.2. The summed E-state index contributed by atoms with van der Waals surface area (Å²) in [4.78, 5) is 68.2. The lowest BCUT2D eigenvalue weighted by molar-refractivity contribution is -0.134. The van der Waals surface area contributed by atoms with Gasteiger partial charge in [0.1, 0.15) is 22.7 Å². The van der Waals surface area contributed by atoms with Gasteiger partial charge >= 0.3 is 5.97 Å². The molecule has 0 bridgehead atoms. The molecule has 0 radical (unpaired) electrons. The molecule has 4 heterocycles. The number of aromatic amines is 1. The molecule has 4 aliphatic carbocycles. The molecule has 4 aromatic carbocycles. The van der Waals surface area contributed by atoms with Crippen molar-refractivity contribution in [2.24, 2.45) is 48.6 Å². The fraction of sp³-hybridized carbons (Fsp3) is 0.529. The smallest absolute Gasteiger partial charge is 0.335 e. The van der Waals surface area contributed by atoms with E-state index in [1.54, 1.807) is 48.5 Å². The van der Waals surface area contributed by atoms with Crippen molar-refractivity contribution >= 4 is 104 Å². The van der Waals surface area contributed by atoms with Gasteiger partial charge in [-0.15, -0.1) is 20.8 Å². The van der Waals surface area contributed by atoms with Crippen LogP contribution in [0.5, 0.6) is 0 Å². The minimum Gasteiger partial charge on any atom is -0.478 e. The number of nitrogens with zero attached hydrogens (tertiary/aromatic N) is 8. The zero-order valence-electron chi connectivity index (χ0n) is 53.7. The van der Waals surface area contributed by atoms with Crippen LogP contribution in [-0.2, 0) is 16.1 Å². The Kier molecular flexibility index (Phi) is 21.1. The molecule has 5 aromatic rings. The Bertz CT molecular complexity index is 3550. The van der Waals surface area contributed by atoms with Crippen LogP contribution < -0.4 is 26.2 Å². The standard InChI is InChI=1S/C34H43Cl2N7O2.C32H38Cl2N2O3.C2H4BrN5/c1-32(2,3)12-11-27(21-5-7-22(8-6-21)30(44)37-20-28-39-41-42-40-28)43-31(45)29(23-17-25(35)19-26(36)18-23)38-34(43)13-9-24(10-14-34)33(4)15-16-33;1-30(2,3)12-11-26(20-5-7-21(8-6-20)29(38)39)36-28(37)27(22-17-24(33)19-25(34)18-22)35-32(36)13-9-23(10-14-32)31(4)15-16-31;3-4-1-2-5-7-8-6-2/h5-8,17-19,24,27,41-42H,9-16,20H2,1-4H3,(H,37,44)(H,39,40);5-8,17-19,23,26H,9-16H2,1-4H3,(H,38,39);4H,1H2,(H,5,6,7,8)/t24?,27-,34?;23?,26-,32?;/m11./s1. The van der Waals surface area contributed by atoms with E-state index in [0.717, 1.165) is 88.2 Å². The van der Waals surface area contributed by atoms with Crippen molar-refractivity contribution in [3.8, 4) is 0 Å². The topological polar surface area (TPSA) is 247 Å². The largest absolute Gasteiger partial charge is 0.478 e. The number of aromatic nitrogens is 4. The first-order valence-electron chi connectivity index (χ1n) is 32.0. The second-order valence-electron chi connectivity index (χ2n) is 28.9. The van der Waals surface area contributed by atoms with Gasteiger partial charge in [0, 0.05) is 52.9 Å². The van der Waals surface area contributed by atoms with Gasteiger partial charge in [-0.05, 0) is 208 Å². The first kappa shape index (κ1) is 68.8. The number of nitrogens with one attached hydrogen (secondary N) is 6. The number of tetrazole rings is 1. The van der Waals surface area contributed by atoms with Crippen LogP contribution in [0, 0.1) is 33.5 Å². The van der Waals surface area contributed by atoms with Crippen molar-refractivity contribution in [3.63, 3.8) is 0 Å². The minimum absolute atomic E-state index is 0.0666. The molecular formula is C68H85BrCl4N14O5. The molecule has 0 saturated heterocycles. The maximum absolute atomic E-state index is 14.6. The van der Waals surface area contributed by atoms with Crippen LogP contribution in [0.4, 0.5) is 0 Å². The number of hydrazone groups is 1. The quantitative estimate of drug-likeness (QED) is 0.0405. The van der Waals surface area contributed by atoms with E-state index in [1.807, 2.05) is 41.3 Å². The second kappa shape index (κ2) is 28.1. The molecule has 7 N–H and O–H groups in total. The van der Waals surface area contributed by atoms with Crippen LogP contribution in [-0.4, -0.2) is 94.4 Å². The molecule has 1 aromatic heterocycles. The fourth-order valence-corrected chi connectivity index (χ4v) is 15.2. The van der Waals surface area contributed by atoms with Gasteiger partial charge in [0.25, 0.3) is 17.7 Å². The maximum atomic E-state index is 14.6. The van der Waals surface area contributed by atoms with Crippen LogP contribution in [0.15, 0.2) is 100 Å². The van der Waals surface area contributed by atoms with Gasteiger partial charge in [-0.3, -0.25) is 29.8 Å². The number of hydrogen-bond donors (Lipinski definition) is 7. The summed E-state index contributed by atoms with van der Waals surface area (Å²) in [7, 11) is 0. The minimum atomic E-state index is -0.961. The number of carboxylic acids is 1. The number of amides is 3. The third kappa shape index (κ3) is 16.4. The van der Waals surface area contributed by atoms with Crippen LogP contribution >= 0.6 is 62.6 Å². The average molecular weight is 1400 g/mol. The third-order valence-electron chi connectivity index (χ3n) is 19.8. The Morgan fingerprint density at radius 2 is 1.07 bits per heavy atom. The van der Waals surface area contributed by atoms with Crippen molar-refractivity contribution in [3.05, 3.63) is 144 Å². The molecule has 2 spiro atoms. The molecule has 7 aliphatic rings. The average Bonchev–Trinajstić information content (AvgIpc) is 1.56. The highest BCUT2D eigenvalue weighted by molar-refractivity contribution is 9.08. The number of aliphatic imine (C=N–C) groups is 2. The summed E-state index contributed by atoms with van der Waals surface area (Å²) in [6.45, 7) is 18.9. The van der Waals surface area contributed by atoms with Crippen LogP contribution in [0.2, 0.25) is 20.1 Å². The maximum Gasteiger partial charge on any atom is 0.335 e. The van der Waals surface area contributed by atoms with E-state index in [2.05, 4.69) is 128 Å². The number of rotatable bonds is 18. The summed E-state index contributed by atoms with van der Waals surface area (Å²) in [5.41, 5.74) is 12.6. The van der Waals surface area contributed by atoms with E-state index in [0.29, 0.717) is 89.1 Å². The van der Waals surface area contributed by atoms with Crippen molar-refractivity contribution in [2.75, 3.05) is 6.54 Å². The van der Waals surface area contributed by atoms with Gasteiger partial charge in [-0.2, -0.15) is 5.21 Å². The number of amidine groups is 1. The summed E-state index contributed by atoms with van der Waals surface area (Å²) < 4.78 is 2.70. The number of hydrazine groups is 2. The molecule has 0 unspecified atom stereocenters. The Hall–Kier alpha value is -6.00. The lowest BCUT2D eigenvalue weighted by Crippen LogP contribution is -2.51. The monoisotopic (exact) mass is 1400 g/mol. The van der Waals surface area contributed by atoms with Gasteiger partial charge in [-0.25, -0.2) is 14.7 Å². The normalized spacial score (nSPS) is 23.5. The molecule has 19 nitrogen and oxygen atoms in total. The number of benzene rings is 4. The van der Waals surface area contributed by atoms with Crippen LogP contribution in [0.1, 0.15) is 219 Å². The number of aromatic carboxylic acids is 1. The molecule has 24 heteroatoms. The molecule has 2 atom stereocenters. The van der Waals surface area contributed by atoms with Crippen LogP contribution in [0.25, 0.3) is 0 Å². The zero-order chi connectivity index (χ0) is 66.0. The van der Waals surface area contributed by atoms with E-state index in [4.69, 9.17) is 56.4 Å². The number of carbonyl (C=O) groups excluding carboxylic acids is 3. The molecular weight excluding hydrogens is 1310 g/mol. The predicted molar refractivity (Wildman–Crippen MR) is 366 cm³/mol. The van der Waals surface area contributed by atoms with Crippen LogP contribution in [0.3, 0.4) is 0 Å². The lowest BCUT2D eigenvalue weighted by atomic mass is 9.73. The highest BCUT2D eigenvalue weighted by Gasteiger charge is 2.57. The molecule has 92 heavy (non-hydrogen) atoms. The Morgan fingerprint density at radius 3 is 1.41 bits per heavy atom. The van der Waals surface area contributed by atoms with Gasteiger partial charge in [0.15, 0.2) is 11.7 Å². The molecule has 12 rings (SSSR count). The summed E-state index contributed by atoms with van der Waals surface area (Å²) >= 11 is 28.5. The van der Waals surface area contributed by atoms with E-state index in [-0.39, 0.29) is 52.7 Å². The number of H-pyrrole nitrogens is 1. The van der Waals surface area contributed by atoms with E-state index in [9.17, 15) is 24.3 Å². The fourth-order valence-electron chi connectivity index (χ4n) is 13.9. The SMILES string of the molecule is BrNCc1nn[nH]n1.CC(C)(C)CC[C@H](c1ccc(C(=O)NCC2=NNNN2)cc1)N1C(=O)C(c2cc(Cl)cc(Cl)c2)=NC12CCC(C1(C)CC1)CC2.CC(C)(C)CC[C@H](c1ccc(C(=O)O)cc1)N1C(=O)C(c2cc(Cl)cc(Cl)c2)=NC12CCC(C1(C)CC1)CC2. The molecule has 492 valence electrons. The van der Waals surface area contributed by atoms with Crippen molar-refractivity contribution in [1.29, 1.82) is 0 Å². The summed E-state index contributed by atoms with van der Waals surface area (Å²) in [6.07, 6.45) is 15.9. The summed E-state index contributed by atoms with van der Waals surface area (Å²) in [5.74, 6) is 1.18. The lowest BCUT2D eigenvalue weighted by Gasteiger charge is -2.46. The van der Waals surface area contributed by atoms with Gasteiger partial charge in [0.05, 0.1) is 30.7 Å². The molecule has 3 amide bonds. The molecule has 4 saturated carbocycles. The number of hydrogen-bond acceptors (Lipinski definition) is 14. The first-order chi connectivity index (χ1) is 43.6. The van der Waals surface area contributed by atoms with Gasteiger partial charge in [-0.1, -0.05) is 131 Å². The summed E-state index contributed by atoms with van der Waals surface area (Å²) in [5, 5.41) is 31.3. The third-order valence-corrected chi connectivity index (χ3v) is 21.0. The Labute approximate surface area is 568 Å². The molecule has 4 fully saturated rings. The van der Waals surface area contributed by atoms with Gasteiger partial charge in [0.2, 0.25) is 0 Å². The number of carboxylic acid groups (broad SMARTS) is 1. The Balaban J connectivity index is 0.000000181. The summed E-state index contributed by atoms with van der Waals surface area (Å²) in [6, 6.07) is 24.7. The van der Waals surface area contributed by atoms with Crippen molar-refractivity contribution in [2.45, 2.75) is 188 Å². The predicted octanol–water partition coefficient (Wildman–Crippen LogP) is 14.7. The van der Waals surface area contributed by atoms with Crippen molar-refractivity contribution < 1.29 is 24.3 Å². The number of halogens is 5. The highest BCUT2D eigenvalue weighted by Crippen LogP contribution is 2.60. The molecule has 3 aliphatic heterocycles. The van der Waals surface area contributed by atoms with Crippen molar-refractivity contribution in [1.82, 2.24) is 56.6 Å². The number of carbonyl (C=O) groups is 4. The first-order valence-corrected chi connectivity index (χ1v) is 34.3. The van der Waals surface area contributed by atoms with E-state index in [1.165, 1.54) is 25.7 Å². The van der Waals surface area contributed by atoms with E-state index < -0.39 is 17.3 Å². The van der Waals surface area contributed by atoms with Gasteiger partial charge < -0.3 is 20.2 Å².